The van der Waals surface area contributed by atoms with Gasteiger partial charge in [-0.15, -0.1) is 5.10 Å². The van der Waals surface area contributed by atoms with Gasteiger partial charge in [-0.25, -0.2) is 4.68 Å². The quantitative estimate of drug-likeness (QED) is 0.688. The maximum atomic E-state index is 6.15. The molecule has 0 amide bonds. The maximum absolute atomic E-state index is 6.15. The van der Waals surface area contributed by atoms with Crippen molar-refractivity contribution in [3.05, 3.63) is 35.1 Å². The fourth-order valence-electron chi connectivity index (χ4n) is 3.62. The van der Waals surface area contributed by atoms with Crippen LogP contribution in [0.4, 0.5) is 5.69 Å². The summed E-state index contributed by atoms with van der Waals surface area (Å²) in [5.74, 6) is 1.51. The highest BCUT2D eigenvalue weighted by molar-refractivity contribution is 6.30. The van der Waals surface area contributed by atoms with Gasteiger partial charge in [0.15, 0.2) is 5.82 Å². The first kappa shape index (κ1) is 20.0. The number of tetrazole rings is 1. The summed E-state index contributed by atoms with van der Waals surface area (Å²) >= 11 is 6.15. The summed E-state index contributed by atoms with van der Waals surface area (Å²) in [7, 11) is 1.70. The predicted molar refractivity (Wildman–Crippen MR) is 107 cm³/mol. The number of aromatic nitrogens is 4. The van der Waals surface area contributed by atoms with E-state index in [0.29, 0.717) is 19.1 Å². The molecule has 0 N–H and O–H groups in total. The van der Waals surface area contributed by atoms with Gasteiger partial charge in [0, 0.05) is 44.0 Å². The summed E-state index contributed by atoms with van der Waals surface area (Å²) in [6.45, 7) is 9.66. The van der Waals surface area contributed by atoms with Gasteiger partial charge in [0.25, 0.3) is 0 Å². The van der Waals surface area contributed by atoms with Crippen LogP contribution < -0.4 is 4.90 Å². The molecular formula is C19H29ClN6O. The van der Waals surface area contributed by atoms with E-state index in [1.165, 1.54) is 5.69 Å². The number of methoxy groups -OCH3 is 1. The number of nitrogens with zero attached hydrogens (tertiary/aromatic N) is 6. The minimum absolute atomic E-state index is 0.221. The standard InChI is InChI=1S/C19H29ClN6O/c1-15(2)13-18(19-21-22-23-26(19)11-12-27-3)25-9-7-24(8-10-25)17-6-4-5-16(20)14-17/h4-6,14-15,18H,7-13H2,1-3H3. The van der Waals surface area contributed by atoms with E-state index < -0.39 is 0 Å². The van der Waals surface area contributed by atoms with Crippen LogP contribution in [0.5, 0.6) is 0 Å². The van der Waals surface area contributed by atoms with E-state index in [4.69, 9.17) is 16.3 Å². The smallest absolute Gasteiger partial charge is 0.168 e. The summed E-state index contributed by atoms with van der Waals surface area (Å²) in [6, 6.07) is 8.31. The molecule has 1 unspecified atom stereocenters. The topological polar surface area (TPSA) is 59.3 Å². The third-order valence-corrected chi connectivity index (χ3v) is 5.22. The number of benzene rings is 1. The molecule has 0 saturated carbocycles. The lowest BCUT2D eigenvalue weighted by Crippen LogP contribution is -2.48. The highest BCUT2D eigenvalue weighted by Crippen LogP contribution is 2.29. The summed E-state index contributed by atoms with van der Waals surface area (Å²) in [5, 5.41) is 13.2. The molecule has 7 nitrogen and oxygen atoms in total. The Hall–Kier alpha value is -1.70. The minimum atomic E-state index is 0.221. The number of ether oxygens (including phenoxy) is 1. The number of hydrogen-bond donors (Lipinski definition) is 0. The van der Waals surface area contributed by atoms with Crippen molar-refractivity contribution in [2.75, 3.05) is 44.8 Å². The van der Waals surface area contributed by atoms with E-state index in [-0.39, 0.29) is 6.04 Å². The predicted octanol–water partition coefficient (Wildman–Crippen LogP) is 2.88. The Morgan fingerprint density at radius 3 is 2.63 bits per heavy atom. The van der Waals surface area contributed by atoms with E-state index in [1.54, 1.807) is 7.11 Å². The highest BCUT2D eigenvalue weighted by atomic mass is 35.5. The van der Waals surface area contributed by atoms with Crippen LogP contribution >= 0.6 is 11.6 Å². The van der Waals surface area contributed by atoms with E-state index in [0.717, 1.165) is 43.4 Å². The van der Waals surface area contributed by atoms with E-state index in [1.807, 2.05) is 22.9 Å². The number of rotatable bonds is 8. The number of anilines is 1. The van der Waals surface area contributed by atoms with Gasteiger partial charge >= 0.3 is 0 Å². The lowest BCUT2D eigenvalue weighted by atomic mass is 10.0. The third kappa shape index (κ3) is 5.18. The molecule has 2 heterocycles. The van der Waals surface area contributed by atoms with Crippen molar-refractivity contribution in [2.45, 2.75) is 32.9 Å². The summed E-state index contributed by atoms with van der Waals surface area (Å²) in [6.07, 6.45) is 1.03. The SMILES string of the molecule is COCCn1nnnc1C(CC(C)C)N1CCN(c2cccc(Cl)c2)CC1. The van der Waals surface area contributed by atoms with Crippen LogP contribution in [-0.2, 0) is 11.3 Å². The van der Waals surface area contributed by atoms with Gasteiger partial charge < -0.3 is 9.64 Å². The van der Waals surface area contributed by atoms with Crippen molar-refractivity contribution in [2.24, 2.45) is 5.92 Å². The second kappa shape index (κ2) is 9.48. The van der Waals surface area contributed by atoms with Crippen molar-refractivity contribution in [1.82, 2.24) is 25.1 Å². The molecule has 1 saturated heterocycles. The molecule has 148 valence electrons. The molecule has 1 aromatic heterocycles. The zero-order valence-corrected chi connectivity index (χ0v) is 17.1. The van der Waals surface area contributed by atoms with Gasteiger partial charge in [-0.1, -0.05) is 31.5 Å². The van der Waals surface area contributed by atoms with Gasteiger partial charge in [-0.2, -0.15) is 0 Å². The monoisotopic (exact) mass is 392 g/mol. The molecule has 1 aliphatic heterocycles. The van der Waals surface area contributed by atoms with Gasteiger partial charge in [0.05, 0.1) is 19.2 Å². The Bertz CT molecular complexity index is 714. The fraction of sp³-hybridized carbons (Fsp3) is 0.632. The molecule has 1 fully saturated rings. The second-order valence-corrected chi connectivity index (χ2v) is 7.84. The van der Waals surface area contributed by atoms with Crippen molar-refractivity contribution < 1.29 is 4.74 Å². The molecule has 0 spiro atoms. The molecule has 1 aromatic carbocycles. The average Bonchev–Trinajstić information content (AvgIpc) is 3.12. The van der Waals surface area contributed by atoms with Crippen LogP contribution in [0.3, 0.4) is 0 Å². The summed E-state index contributed by atoms with van der Waals surface area (Å²) in [5.41, 5.74) is 1.19. The Morgan fingerprint density at radius 2 is 1.96 bits per heavy atom. The first-order valence-electron chi connectivity index (χ1n) is 9.58. The molecule has 0 bridgehead atoms. The molecule has 1 atom stereocenters. The Balaban J connectivity index is 1.71. The third-order valence-electron chi connectivity index (χ3n) is 4.99. The molecule has 8 heteroatoms. The maximum Gasteiger partial charge on any atom is 0.168 e. The van der Waals surface area contributed by atoms with E-state index in [2.05, 4.69) is 45.2 Å². The average molecular weight is 393 g/mol. The zero-order valence-electron chi connectivity index (χ0n) is 16.4. The molecule has 27 heavy (non-hydrogen) atoms. The first-order valence-corrected chi connectivity index (χ1v) is 9.96. The van der Waals surface area contributed by atoms with Gasteiger partial charge in [-0.3, -0.25) is 4.90 Å². The van der Waals surface area contributed by atoms with Gasteiger partial charge in [0.2, 0.25) is 0 Å². The van der Waals surface area contributed by atoms with Crippen molar-refractivity contribution in [3.8, 4) is 0 Å². The molecular weight excluding hydrogens is 364 g/mol. The van der Waals surface area contributed by atoms with Crippen molar-refractivity contribution in [3.63, 3.8) is 0 Å². The van der Waals surface area contributed by atoms with Crippen LogP contribution in [0.2, 0.25) is 5.02 Å². The van der Waals surface area contributed by atoms with E-state index >= 15 is 0 Å². The Labute approximate surface area is 166 Å². The van der Waals surface area contributed by atoms with Crippen LogP contribution in [0.25, 0.3) is 0 Å². The normalized spacial score (nSPS) is 16.9. The molecule has 0 radical (unpaired) electrons. The Kier molecular flexibility index (Phi) is 7.04. The van der Waals surface area contributed by atoms with Crippen LogP contribution in [0.15, 0.2) is 24.3 Å². The lowest BCUT2D eigenvalue weighted by molar-refractivity contribution is 0.145. The molecule has 0 aliphatic carbocycles. The van der Waals surface area contributed by atoms with E-state index in [9.17, 15) is 0 Å². The highest BCUT2D eigenvalue weighted by Gasteiger charge is 2.29. The summed E-state index contributed by atoms with van der Waals surface area (Å²) < 4.78 is 7.09. The first-order chi connectivity index (χ1) is 13.1. The summed E-state index contributed by atoms with van der Waals surface area (Å²) in [4.78, 5) is 4.90. The molecule has 1 aliphatic rings. The number of halogens is 1. The van der Waals surface area contributed by atoms with Crippen LogP contribution in [-0.4, -0.2) is 65.0 Å². The second-order valence-electron chi connectivity index (χ2n) is 7.40. The van der Waals surface area contributed by atoms with Gasteiger partial charge in [-0.05, 0) is 41.0 Å². The fourth-order valence-corrected chi connectivity index (χ4v) is 3.80. The van der Waals surface area contributed by atoms with Gasteiger partial charge in [0.1, 0.15) is 0 Å². The number of hydrogen-bond acceptors (Lipinski definition) is 6. The minimum Gasteiger partial charge on any atom is -0.383 e. The van der Waals surface area contributed by atoms with Crippen LogP contribution in [0.1, 0.15) is 32.1 Å². The molecule has 2 aromatic rings. The van der Waals surface area contributed by atoms with Crippen LogP contribution in [0, 0.1) is 5.92 Å². The Morgan fingerprint density at radius 1 is 1.19 bits per heavy atom. The van der Waals surface area contributed by atoms with Crippen molar-refractivity contribution in [1.29, 1.82) is 0 Å². The van der Waals surface area contributed by atoms with Crippen molar-refractivity contribution >= 4 is 17.3 Å². The number of piperazine rings is 1. The largest absolute Gasteiger partial charge is 0.383 e. The molecule has 3 rings (SSSR count). The zero-order chi connectivity index (χ0) is 19.2. The lowest BCUT2D eigenvalue weighted by Gasteiger charge is -2.40.